The lowest BCUT2D eigenvalue weighted by atomic mass is 10.1. The van der Waals surface area contributed by atoms with E-state index in [0.717, 1.165) is 11.1 Å². The predicted octanol–water partition coefficient (Wildman–Crippen LogP) is 2.21. The van der Waals surface area contributed by atoms with Gasteiger partial charge in [-0.3, -0.25) is 4.79 Å². The van der Waals surface area contributed by atoms with Crippen LogP contribution in [0.4, 0.5) is 0 Å². The minimum Gasteiger partial charge on any atom is -0.480 e. The van der Waals surface area contributed by atoms with Crippen LogP contribution in [0.3, 0.4) is 0 Å². The molecule has 2 aromatic carbocycles. The quantitative estimate of drug-likeness (QED) is 0.593. The lowest BCUT2D eigenvalue weighted by Crippen LogP contribution is -2.40. The Morgan fingerprint density at radius 2 is 1.60 bits per heavy atom. The number of hydrogen-bond donors (Lipinski definition) is 3. The summed E-state index contributed by atoms with van der Waals surface area (Å²) in [7, 11) is -3.90. The third-order valence-electron chi connectivity index (χ3n) is 3.81. The normalized spacial score (nSPS) is 12.7. The molecule has 0 bridgehead atoms. The van der Waals surface area contributed by atoms with Crippen LogP contribution in [0.2, 0.25) is 0 Å². The van der Waals surface area contributed by atoms with Gasteiger partial charge in [0.15, 0.2) is 0 Å². The van der Waals surface area contributed by atoms with E-state index >= 15 is 0 Å². The summed E-state index contributed by atoms with van der Waals surface area (Å²) in [6.07, 6.45) is 1.40. The number of nitrogens with one attached hydrogen (secondary N) is 1. The molecular formula is C18H22N2O4S. The van der Waals surface area contributed by atoms with Gasteiger partial charge in [0.2, 0.25) is 10.0 Å². The van der Waals surface area contributed by atoms with Crippen LogP contribution in [0.1, 0.15) is 19.3 Å². The highest BCUT2D eigenvalue weighted by atomic mass is 32.2. The number of sulfonamides is 1. The summed E-state index contributed by atoms with van der Waals surface area (Å²) < 4.78 is 27.1. The zero-order valence-electron chi connectivity index (χ0n) is 13.8. The Labute approximate surface area is 147 Å². The molecule has 2 aromatic rings. The summed E-state index contributed by atoms with van der Waals surface area (Å²) in [6, 6.07) is 14.8. The van der Waals surface area contributed by atoms with Crippen molar-refractivity contribution < 1.29 is 18.3 Å². The molecule has 0 aliphatic rings. The minimum absolute atomic E-state index is 0.0391. The summed E-state index contributed by atoms with van der Waals surface area (Å²) in [5.41, 5.74) is 7.25. The SMILES string of the molecule is NCCCCC(NS(=O)(=O)c1ccc(-c2ccccc2)cc1)C(=O)O. The van der Waals surface area contributed by atoms with E-state index in [-0.39, 0.29) is 11.3 Å². The molecule has 0 aliphatic carbocycles. The van der Waals surface area contributed by atoms with Crippen LogP contribution in [-0.4, -0.2) is 32.1 Å². The van der Waals surface area contributed by atoms with Gasteiger partial charge in [-0.25, -0.2) is 8.42 Å². The van der Waals surface area contributed by atoms with Gasteiger partial charge >= 0.3 is 5.97 Å². The van der Waals surface area contributed by atoms with Gasteiger partial charge in [-0.2, -0.15) is 4.72 Å². The first-order valence-corrected chi connectivity index (χ1v) is 9.53. The lowest BCUT2D eigenvalue weighted by Gasteiger charge is -2.15. The van der Waals surface area contributed by atoms with E-state index in [9.17, 15) is 18.3 Å². The maximum absolute atomic E-state index is 12.4. The van der Waals surface area contributed by atoms with E-state index in [4.69, 9.17) is 5.73 Å². The first-order chi connectivity index (χ1) is 11.9. The second kappa shape index (κ2) is 8.75. The Balaban J connectivity index is 2.14. The summed E-state index contributed by atoms with van der Waals surface area (Å²) in [5.74, 6) is -1.19. The van der Waals surface area contributed by atoms with E-state index in [2.05, 4.69) is 4.72 Å². The lowest BCUT2D eigenvalue weighted by molar-refractivity contribution is -0.139. The molecule has 25 heavy (non-hydrogen) atoms. The monoisotopic (exact) mass is 362 g/mol. The Morgan fingerprint density at radius 3 is 2.16 bits per heavy atom. The highest BCUT2D eigenvalue weighted by Gasteiger charge is 2.24. The van der Waals surface area contributed by atoms with Crippen molar-refractivity contribution in [2.45, 2.75) is 30.2 Å². The van der Waals surface area contributed by atoms with Gasteiger partial charge in [-0.05, 0) is 42.6 Å². The third-order valence-corrected chi connectivity index (χ3v) is 5.30. The molecule has 6 nitrogen and oxygen atoms in total. The number of nitrogens with two attached hydrogens (primary N) is 1. The molecule has 0 saturated carbocycles. The summed E-state index contributed by atoms with van der Waals surface area (Å²) in [4.78, 5) is 11.3. The van der Waals surface area contributed by atoms with Crippen molar-refractivity contribution in [1.82, 2.24) is 4.72 Å². The molecule has 7 heteroatoms. The van der Waals surface area contributed by atoms with E-state index in [1.54, 1.807) is 12.1 Å². The Hall–Kier alpha value is -2.22. The summed E-state index contributed by atoms with van der Waals surface area (Å²) in [5, 5.41) is 9.22. The van der Waals surface area contributed by atoms with Crippen LogP contribution in [-0.2, 0) is 14.8 Å². The number of unbranched alkanes of at least 4 members (excludes halogenated alkanes) is 1. The zero-order chi connectivity index (χ0) is 18.3. The first kappa shape index (κ1) is 19.1. The van der Waals surface area contributed by atoms with Crippen LogP contribution in [0.25, 0.3) is 11.1 Å². The van der Waals surface area contributed by atoms with Crippen molar-refractivity contribution in [3.05, 3.63) is 54.6 Å². The topological polar surface area (TPSA) is 109 Å². The predicted molar refractivity (Wildman–Crippen MR) is 96.5 cm³/mol. The minimum atomic E-state index is -3.90. The highest BCUT2D eigenvalue weighted by molar-refractivity contribution is 7.89. The smallest absolute Gasteiger partial charge is 0.321 e. The molecule has 0 aromatic heterocycles. The van der Waals surface area contributed by atoms with E-state index in [1.165, 1.54) is 12.1 Å². The number of hydrogen-bond acceptors (Lipinski definition) is 4. The van der Waals surface area contributed by atoms with Crippen LogP contribution in [0, 0.1) is 0 Å². The molecule has 0 aliphatic heterocycles. The van der Waals surface area contributed by atoms with Gasteiger partial charge in [0, 0.05) is 0 Å². The fourth-order valence-electron chi connectivity index (χ4n) is 2.44. The fourth-order valence-corrected chi connectivity index (χ4v) is 3.66. The largest absolute Gasteiger partial charge is 0.480 e. The summed E-state index contributed by atoms with van der Waals surface area (Å²) in [6.45, 7) is 0.444. The number of carbonyl (C=O) groups is 1. The number of aliphatic carboxylic acids is 1. The second-order valence-electron chi connectivity index (χ2n) is 5.69. The Bertz CT molecular complexity index is 790. The number of carboxylic acids is 1. The van der Waals surface area contributed by atoms with Crippen molar-refractivity contribution in [2.75, 3.05) is 6.54 Å². The third kappa shape index (κ3) is 5.38. The molecule has 134 valence electrons. The molecule has 0 amide bonds. The van der Waals surface area contributed by atoms with Gasteiger partial charge in [-0.1, -0.05) is 48.9 Å². The highest BCUT2D eigenvalue weighted by Crippen LogP contribution is 2.21. The standard InChI is InChI=1S/C18H22N2O4S/c19-13-5-4-8-17(18(21)22)20-25(23,24)16-11-9-15(10-12-16)14-6-2-1-3-7-14/h1-3,6-7,9-12,17,20H,4-5,8,13,19H2,(H,21,22). The van der Waals surface area contributed by atoms with E-state index in [0.29, 0.717) is 19.4 Å². The van der Waals surface area contributed by atoms with Crippen molar-refractivity contribution in [1.29, 1.82) is 0 Å². The van der Waals surface area contributed by atoms with Gasteiger partial charge < -0.3 is 10.8 Å². The zero-order valence-corrected chi connectivity index (χ0v) is 14.6. The van der Waals surface area contributed by atoms with Gasteiger partial charge in [0.05, 0.1) is 4.90 Å². The molecular weight excluding hydrogens is 340 g/mol. The van der Waals surface area contributed by atoms with Gasteiger partial charge in [-0.15, -0.1) is 0 Å². The van der Waals surface area contributed by atoms with Gasteiger partial charge in [0.1, 0.15) is 6.04 Å². The average Bonchev–Trinajstić information content (AvgIpc) is 2.62. The molecule has 1 unspecified atom stereocenters. The molecule has 0 spiro atoms. The first-order valence-electron chi connectivity index (χ1n) is 8.05. The maximum Gasteiger partial charge on any atom is 0.321 e. The van der Waals surface area contributed by atoms with Crippen molar-refractivity contribution in [3.8, 4) is 11.1 Å². The molecule has 0 radical (unpaired) electrons. The van der Waals surface area contributed by atoms with E-state index in [1.807, 2.05) is 30.3 Å². The number of benzene rings is 2. The fraction of sp³-hybridized carbons (Fsp3) is 0.278. The second-order valence-corrected chi connectivity index (χ2v) is 7.40. The van der Waals surface area contributed by atoms with Crippen molar-refractivity contribution in [2.24, 2.45) is 5.73 Å². The van der Waals surface area contributed by atoms with Crippen LogP contribution in [0.15, 0.2) is 59.5 Å². The molecule has 0 saturated heterocycles. The number of carboxylic acid groups (broad SMARTS) is 1. The Morgan fingerprint density at radius 1 is 1.00 bits per heavy atom. The van der Waals surface area contributed by atoms with Crippen molar-refractivity contribution >= 4 is 16.0 Å². The molecule has 1 atom stereocenters. The van der Waals surface area contributed by atoms with Crippen LogP contribution in [0.5, 0.6) is 0 Å². The van der Waals surface area contributed by atoms with Crippen LogP contribution >= 0.6 is 0 Å². The molecule has 2 rings (SSSR count). The van der Waals surface area contributed by atoms with Crippen LogP contribution < -0.4 is 10.5 Å². The molecule has 0 fully saturated rings. The maximum atomic E-state index is 12.4. The summed E-state index contributed by atoms with van der Waals surface area (Å²) >= 11 is 0. The Kier molecular flexibility index (Phi) is 6.69. The molecule has 4 N–H and O–H groups in total. The average molecular weight is 362 g/mol. The van der Waals surface area contributed by atoms with E-state index < -0.39 is 22.0 Å². The van der Waals surface area contributed by atoms with Crippen molar-refractivity contribution in [3.63, 3.8) is 0 Å². The molecule has 0 heterocycles. The van der Waals surface area contributed by atoms with Gasteiger partial charge in [0.25, 0.3) is 0 Å². The number of rotatable bonds is 9.